The van der Waals surface area contributed by atoms with E-state index in [0.717, 1.165) is 12.1 Å². The van der Waals surface area contributed by atoms with E-state index in [-0.39, 0.29) is 11.3 Å². The number of nitrogens with zero attached hydrogens (tertiary/aromatic N) is 1. The van der Waals surface area contributed by atoms with Gasteiger partial charge in [-0.1, -0.05) is 6.07 Å². The van der Waals surface area contributed by atoms with Crippen molar-refractivity contribution in [1.29, 1.82) is 0 Å². The number of pyridine rings is 1. The highest BCUT2D eigenvalue weighted by molar-refractivity contribution is 5.59. The van der Waals surface area contributed by atoms with Crippen molar-refractivity contribution < 1.29 is 13.2 Å². The van der Waals surface area contributed by atoms with Crippen molar-refractivity contribution in [3.8, 4) is 11.3 Å². The average molecular weight is 209 g/mol. The molecule has 0 N–H and O–H groups in total. The minimum atomic E-state index is -1.47. The number of halogens is 3. The Morgan fingerprint density at radius 2 is 1.67 bits per heavy atom. The SMILES string of the molecule is Fc1ccc(-c2ccccn2)c(F)c1F. The summed E-state index contributed by atoms with van der Waals surface area (Å²) < 4.78 is 38.8. The highest BCUT2D eigenvalue weighted by atomic mass is 19.2. The number of hydrogen-bond acceptors (Lipinski definition) is 1. The zero-order valence-corrected chi connectivity index (χ0v) is 7.55. The minimum absolute atomic E-state index is 0.0468. The molecular formula is C11H6F3N. The summed E-state index contributed by atoms with van der Waals surface area (Å²) in [6.07, 6.45) is 1.45. The second kappa shape index (κ2) is 3.73. The van der Waals surface area contributed by atoms with Crippen LogP contribution >= 0.6 is 0 Å². The van der Waals surface area contributed by atoms with Crippen LogP contribution in [0.5, 0.6) is 0 Å². The summed E-state index contributed by atoms with van der Waals surface area (Å²) in [5.74, 6) is -3.89. The molecule has 76 valence electrons. The molecule has 0 atom stereocenters. The van der Waals surface area contributed by atoms with Gasteiger partial charge in [0.1, 0.15) is 0 Å². The molecular weight excluding hydrogens is 203 g/mol. The highest BCUT2D eigenvalue weighted by Crippen LogP contribution is 2.23. The van der Waals surface area contributed by atoms with Gasteiger partial charge in [-0.25, -0.2) is 13.2 Å². The molecule has 0 saturated carbocycles. The predicted octanol–water partition coefficient (Wildman–Crippen LogP) is 3.17. The first kappa shape index (κ1) is 9.71. The van der Waals surface area contributed by atoms with E-state index in [4.69, 9.17) is 0 Å². The fourth-order valence-corrected chi connectivity index (χ4v) is 1.25. The lowest BCUT2D eigenvalue weighted by Crippen LogP contribution is -1.94. The second-order valence-electron chi connectivity index (χ2n) is 2.94. The van der Waals surface area contributed by atoms with E-state index in [2.05, 4.69) is 4.98 Å². The molecule has 0 bridgehead atoms. The normalized spacial score (nSPS) is 10.3. The molecule has 0 aliphatic carbocycles. The summed E-state index contributed by atoms with van der Waals surface area (Å²) in [5, 5.41) is 0. The second-order valence-corrected chi connectivity index (χ2v) is 2.94. The Kier molecular flexibility index (Phi) is 2.41. The topological polar surface area (TPSA) is 12.9 Å². The third kappa shape index (κ3) is 1.70. The first-order chi connectivity index (χ1) is 7.20. The zero-order valence-electron chi connectivity index (χ0n) is 7.55. The summed E-state index contributed by atoms with van der Waals surface area (Å²) in [6, 6.07) is 6.86. The Morgan fingerprint density at radius 3 is 2.33 bits per heavy atom. The van der Waals surface area contributed by atoms with Crippen LogP contribution in [0.15, 0.2) is 36.5 Å². The Bertz CT molecular complexity index is 483. The smallest absolute Gasteiger partial charge is 0.195 e. The molecule has 15 heavy (non-hydrogen) atoms. The van der Waals surface area contributed by atoms with E-state index < -0.39 is 17.5 Å². The van der Waals surface area contributed by atoms with Gasteiger partial charge in [-0.3, -0.25) is 4.98 Å². The number of aromatic nitrogens is 1. The molecule has 0 unspecified atom stereocenters. The highest BCUT2D eigenvalue weighted by Gasteiger charge is 2.14. The molecule has 0 radical (unpaired) electrons. The predicted molar refractivity (Wildman–Crippen MR) is 49.5 cm³/mol. The van der Waals surface area contributed by atoms with Crippen LogP contribution in [0.1, 0.15) is 0 Å². The van der Waals surface area contributed by atoms with E-state index in [1.807, 2.05) is 0 Å². The lowest BCUT2D eigenvalue weighted by atomic mass is 10.1. The lowest BCUT2D eigenvalue weighted by Gasteiger charge is -2.03. The fourth-order valence-electron chi connectivity index (χ4n) is 1.25. The van der Waals surface area contributed by atoms with Gasteiger partial charge in [0.2, 0.25) is 0 Å². The van der Waals surface area contributed by atoms with Crippen LogP contribution < -0.4 is 0 Å². The van der Waals surface area contributed by atoms with E-state index >= 15 is 0 Å². The maximum Gasteiger partial charge on any atom is 0.195 e. The van der Waals surface area contributed by atoms with Gasteiger partial charge in [0.05, 0.1) is 5.69 Å². The number of rotatable bonds is 1. The molecule has 1 nitrogen and oxygen atoms in total. The van der Waals surface area contributed by atoms with Gasteiger partial charge >= 0.3 is 0 Å². The van der Waals surface area contributed by atoms with Gasteiger partial charge in [0.25, 0.3) is 0 Å². The average Bonchev–Trinajstić information content (AvgIpc) is 2.27. The maximum atomic E-state index is 13.3. The summed E-state index contributed by atoms with van der Waals surface area (Å²) >= 11 is 0. The molecule has 0 saturated heterocycles. The molecule has 0 spiro atoms. The van der Waals surface area contributed by atoms with Crippen molar-refractivity contribution in [3.05, 3.63) is 54.0 Å². The zero-order chi connectivity index (χ0) is 10.8. The van der Waals surface area contributed by atoms with Crippen molar-refractivity contribution >= 4 is 0 Å². The quantitative estimate of drug-likeness (QED) is 0.657. The third-order valence-electron chi connectivity index (χ3n) is 1.98. The summed E-state index contributed by atoms with van der Waals surface area (Å²) in [5.41, 5.74) is 0.225. The molecule has 0 aliphatic heterocycles. The summed E-state index contributed by atoms with van der Waals surface area (Å²) in [4.78, 5) is 3.85. The van der Waals surface area contributed by atoms with E-state index in [1.165, 1.54) is 12.3 Å². The molecule has 1 heterocycles. The molecule has 2 rings (SSSR count). The number of hydrogen-bond donors (Lipinski definition) is 0. The largest absolute Gasteiger partial charge is 0.256 e. The van der Waals surface area contributed by atoms with Crippen LogP contribution in [-0.2, 0) is 0 Å². The first-order valence-electron chi connectivity index (χ1n) is 4.25. The van der Waals surface area contributed by atoms with Gasteiger partial charge in [0, 0.05) is 11.8 Å². The maximum absolute atomic E-state index is 13.3. The molecule has 0 fully saturated rings. The Hall–Kier alpha value is -1.84. The van der Waals surface area contributed by atoms with Gasteiger partial charge < -0.3 is 0 Å². The van der Waals surface area contributed by atoms with Crippen molar-refractivity contribution in [2.24, 2.45) is 0 Å². The molecule has 0 aliphatic rings. The van der Waals surface area contributed by atoms with Crippen molar-refractivity contribution in [2.75, 3.05) is 0 Å². The van der Waals surface area contributed by atoms with E-state index in [1.54, 1.807) is 12.1 Å². The monoisotopic (exact) mass is 209 g/mol. The minimum Gasteiger partial charge on any atom is -0.256 e. The molecule has 1 aromatic carbocycles. The summed E-state index contributed by atoms with van der Waals surface area (Å²) in [7, 11) is 0. The Balaban J connectivity index is 2.60. The van der Waals surface area contributed by atoms with Crippen molar-refractivity contribution in [2.45, 2.75) is 0 Å². The standard InChI is InChI=1S/C11H6F3N/c12-8-5-4-7(10(13)11(8)14)9-3-1-2-6-15-9/h1-6H. The van der Waals surface area contributed by atoms with Crippen LogP contribution in [0.2, 0.25) is 0 Å². The van der Waals surface area contributed by atoms with Crippen LogP contribution in [0, 0.1) is 17.5 Å². The van der Waals surface area contributed by atoms with Gasteiger partial charge in [-0.15, -0.1) is 0 Å². The molecule has 1 aromatic heterocycles. The van der Waals surface area contributed by atoms with Gasteiger partial charge in [-0.2, -0.15) is 0 Å². The van der Waals surface area contributed by atoms with E-state index in [9.17, 15) is 13.2 Å². The Morgan fingerprint density at radius 1 is 0.867 bits per heavy atom. The van der Waals surface area contributed by atoms with Gasteiger partial charge in [0.15, 0.2) is 17.5 Å². The summed E-state index contributed by atoms with van der Waals surface area (Å²) in [6.45, 7) is 0. The van der Waals surface area contributed by atoms with Crippen LogP contribution in [0.25, 0.3) is 11.3 Å². The molecule has 0 amide bonds. The van der Waals surface area contributed by atoms with E-state index in [0.29, 0.717) is 0 Å². The fraction of sp³-hybridized carbons (Fsp3) is 0. The van der Waals surface area contributed by atoms with Crippen molar-refractivity contribution in [3.63, 3.8) is 0 Å². The Labute approximate surface area is 84.2 Å². The van der Waals surface area contributed by atoms with Crippen LogP contribution in [0.4, 0.5) is 13.2 Å². The molecule has 4 heteroatoms. The lowest BCUT2D eigenvalue weighted by molar-refractivity contribution is 0.449. The van der Waals surface area contributed by atoms with Gasteiger partial charge in [-0.05, 0) is 24.3 Å². The van der Waals surface area contributed by atoms with Crippen LogP contribution in [0.3, 0.4) is 0 Å². The first-order valence-corrected chi connectivity index (χ1v) is 4.25. The number of benzene rings is 1. The van der Waals surface area contributed by atoms with Crippen LogP contribution in [-0.4, -0.2) is 4.98 Å². The van der Waals surface area contributed by atoms with Crippen molar-refractivity contribution in [1.82, 2.24) is 4.98 Å². The third-order valence-corrected chi connectivity index (χ3v) is 1.98. The molecule has 2 aromatic rings.